The number of piperidine rings is 1. The number of aromatic nitrogens is 2. The standard InChI is InChI=1S/C17H20ClN3O3/c1-23-17-19-8-12(9-20-17)10-21-7-6-16(15(22)11-21)24-14-4-2-13(18)3-5-14/h2-5,8-9,15-16,22H,6-7,10-11H2,1H3/t15-,16-/m1/s1. The van der Waals surface area contributed by atoms with Crippen LogP contribution in [0.1, 0.15) is 12.0 Å². The molecule has 6 nitrogen and oxygen atoms in total. The van der Waals surface area contributed by atoms with Gasteiger partial charge < -0.3 is 14.6 Å². The zero-order valence-electron chi connectivity index (χ0n) is 13.4. The van der Waals surface area contributed by atoms with Gasteiger partial charge in [0, 0.05) is 42.6 Å². The number of benzene rings is 1. The van der Waals surface area contributed by atoms with Gasteiger partial charge in [0.25, 0.3) is 0 Å². The molecule has 0 spiro atoms. The SMILES string of the molecule is COc1ncc(CN2CC[C@@H](Oc3ccc(Cl)cc3)[C@H](O)C2)cn1. The summed E-state index contributed by atoms with van der Waals surface area (Å²) in [5.41, 5.74) is 0.986. The highest BCUT2D eigenvalue weighted by molar-refractivity contribution is 6.30. The summed E-state index contributed by atoms with van der Waals surface area (Å²) in [5.74, 6) is 0.723. The molecule has 128 valence electrons. The van der Waals surface area contributed by atoms with Gasteiger partial charge in [-0.25, -0.2) is 9.97 Å². The van der Waals surface area contributed by atoms with Crippen molar-refractivity contribution >= 4 is 11.6 Å². The molecule has 1 fully saturated rings. The molecule has 0 amide bonds. The summed E-state index contributed by atoms with van der Waals surface area (Å²) in [4.78, 5) is 10.4. The average molecular weight is 350 g/mol. The van der Waals surface area contributed by atoms with Crippen molar-refractivity contribution in [3.63, 3.8) is 0 Å². The second kappa shape index (κ2) is 7.79. The molecule has 0 bridgehead atoms. The van der Waals surface area contributed by atoms with Gasteiger partial charge in [-0.15, -0.1) is 0 Å². The number of rotatable bonds is 5. The molecule has 7 heteroatoms. The maximum Gasteiger partial charge on any atom is 0.316 e. The minimum absolute atomic E-state index is 0.213. The van der Waals surface area contributed by atoms with Gasteiger partial charge in [0.15, 0.2) is 0 Å². The lowest BCUT2D eigenvalue weighted by Gasteiger charge is -2.35. The molecule has 2 aromatic rings. The van der Waals surface area contributed by atoms with Crippen molar-refractivity contribution in [2.24, 2.45) is 0 Å². The van der Waals surface area contributed by atoms with Crippen molar-refractivity contribution in [3.05, 3.63) is 47.2 Å². The number of β-amino-alcohol motifs (C(OH)–C–C–N with tert-alkyl or cyclic N) is 1. The molecule has 0 saturated carbocycles. The van der Waals surface area contributed by atoms with Gasteiger partial charge in [-0.3, -0.25) is 4.90 Å². The van der Waals surface area contributed by atoms with Gasteiger partial charge in [-0.05, 0) is 30.7 Å². The van der Waals surface area contributed by atoms with Crippen LogP contribution in [0.15, 0.2) is 36.7 Å². The number of nitrogens with zero attached hydrogens (tertiary/aromatic N) is 3. The molecular formula is C17H20ClN3O3. The number of hydrogen-bond donors (Lipinski definition) is 1. The Labute approximate surface area is 146 Å². The molecule has 1 aromatic heterocycles. The molecule has 3 rings (SSSR count). The summed E-state index contributed by atoms with van der Waals surface area (Å²) in [6.07, 6.45) is 3.48. The first-order valence-corrected chi connectivity index (χ1v) is 8.19. The number of halogens is 1. The van der Waals surface area contributed by atoms with Crippen molar-refractivity contribution in [1.29, 1.82) is 0 Å². The first kappa shape index (κ1) is 17.0. The summed E-state index contributed by atoms with van der Waals surface area (Å²) in [5, 5.41) is 11.0. The van der Waals surface area contributed by atoms with Crippen LogP contribution in [0.4, 0.5) is 0 Å². The number of ether oxygens (including phenoxy) is 2. The topological polar surface area (TPSA) is 67.7 Å². The second-order valence-electron chi connectivity index (χ2n) is 5.78. The Bertz CT molecular complexity index is 651. The van der Waals surface area contributed by atoms with Crippen LogP contribution in [0.3, 0.4) is 0 Å². The fourth-order valence-corrected chi connectivity index (χ4v) is 2.86. The van der Waals surface area contributed by atoms with Gasteiger partial charge in [0.2, 0.25) is 0 Å². The van der Waals surface area contributed by atoms with E-state index in [1.807, 2.05) is 12.1 Å². The lowest BCUT2D eigenvalue weighted by atomic mass is 10.0. The molecule has 1 aromatic carbocycles. The van der Waals surface area contributed by atoms with Gasteiger partial charge in [0.1, 0.15) is 18.0 Å². The molecule has 0 unspecified atom stereocenters. The quantitative estimate of drug-likeness (QED) is 0.892. The van der Waals surface area contributed by atoms with Crippen LogP contribution in [-0.2, 0) is 6.54 Å². The van der Waals surface area contributed by atoms with Crippen molar-refractivity contribution < 1.29 is 14.6 Å². The number of likely N-dealkylation sites (tertiary alicyclic amines) is 1. The van der Waals surface area contributed by atoms with Crippen LogP contribution < -0.4 is 9.47 Å². The zero-order chi connectivity index (χ0) is 16.9. The van der Waals surface area contributed by atoms with Crippen molar-refractivity contribution in [3.8, 4) is 11.8 Å². The van der Waals surface area contributed by atoms with E-state index in [2.05, 4.69) is 14.9 Å². The predicted octanol–water partition coefficient (Wildman–Crippen LogP) is 2.15. The summed E-state index contributed by atoms with van der Waals surface area (Å²) < 4.78 is 10.8. The molecule has 2 atom stereocenters. The maximum atomic E-state index is 10.4. The largest absolute Gasteiger partial charge is 0.488 e. The molecule has 1 N–H and O–H groups in total. The van der Waals surface area contributed by atoms with E-state index in [0.29, 0.717) is 24.1 Å². The number of aliphatic hydroxyl groups excluding tert-OH is 1. The third-order valence-corrected chi connectivity index (χ3v) is 4.23. The van der Waals surface area contributed by atoms with E-state index in [-0.39, 0.29) is 6.10 Å². The lowest BCUT2D eigenvalue weighted by Crippen LogP contribution is -2.48. The first-order chi connectivity index (χ1) is 11.6. The van der Waals surface area contributed by atoms with Gasteiger partial charge in [0.05, 0.1) is 7.11 Å². The normalized spacial score (nSPS) is 21.5. The fourth-order valence-electron chi connectivity index (χ4n) is 2.73. The second-order valence-corrected chi connectivity index (χ2v) is 6.22. The fraction of sp³-hybridized carbons (Fsp3) is 0.412. The van der Waals surface area contributed by atoms with Crippen molar-refractivity contribution in [2.75, 3.05) is 20.2 Å². The van der Waals surface area contributed by atoms with E-state index >= 15 is 0 Å². The third kappa shape index (κ3) is 4.35. The van der Waals surface area contributed by atoms with Crippen LogP contribution in [0.5, 0.6) is 11.8 Å². The van der Waals surface area contributed by atoms with E-state index < -0.39 is 6.10 Å². The zero-order valence-corrected chi connectivity index (χ0v) is 14.2. The highest BCUT2D eigenvalue weighted by Crippen LogP contribution is 2.22. The Morgan fingerprint density at radius 2 is 1.96 bits per heavy atom. The van der Waals surface area contributed by atoms with E-state index in [1.54, 1.807) is 24.5 Å². The van der Waals surface area contributed by atoms with E-state index in [1.165, 1.54) is 7.11 Å². The van der Waals surface area contributed by atoms with E-state index in [0.717, 1.165) is 24.3 Å². The van der Waals surface area contributed by atoms with Crippen LogP contribution in [0, 0.1) is 0 Å². The van der Waals surface area contributed by atoms with E-state index in [9.17, 15) is 5.11 Å². The molecule has 0 aliphatic carbocycles. The van der Waals surface area contributed by atoms with Gasteiger partial charge in [-0.1, -0.05) is 11.6 Å². The Balaban J connectivity index is 1.53. The molecule has 2 heterocycles. The smallest absolute Gasteiger partial charge is 0.316 e. The first-order valence-electron chi connectivity index (χ1n) is 7.81. The van der Waals surface area contributed by atoms with Crippen LogP contribution in [0.25, 0.3) is 0 Å². The Morgan fingerprint density at radius 1 is 1.25 bits per heavy atom. The number of methoxy groups -OCH3 is 1. The van der Waals surface area contributed by atoms with Crippen LogP contribution in [0.2, 0.25) is 5.02 Å². The molecule has 1 aliphatic rings. The Hall–Kier alpha value is -1.89. The average Bonchev–Trinajstić information content (AvgIpc) is 2.60. The molecule has 0 radical (unpaired) electrons. The highest BCUT2D eigenvalue weighted by atomic mass is 35.5. The molecule has 1 saturated heterocycles. The lowest BCUT2D eigenvalue weighted by molar-refractivity contribution is -0.0275. The summed E-state index contributed by atoms with van der Waals surface area (Å²) in [6.45, 7) is 2.07. The van der Waals surface area contributed by atoms with Gasteiger partial charge >= 0.3 is 6.01 Å². The number of aliphatic hydroxyl groups is 1. The van der Waals surface area contributed by atoms with Crippen LogP contribution in [-0.4, -0.2) is 52.4 Å². The highest BCUT2D eigenvalue weighted by Gasteiger charge is 2.29. The van der Waals surface area contributed by atoms with Crippen molar-refractivity contribution in [1.82, 2.24) is 14.9 Å². The third-order valence-electron chi connectivity index (χ3n) is 3.98. The minimum atomic E-state index is -0.548. The van der Waals surface area contributed by atoms with Gasteiger partial charge in [-0.2, -0.15) is 0 Å². The molecular weight excluding hydrogens is 330 g/mol. The molecule has 1 aliphatic heterocycles. The van der Waals surface area contributed by atoms with E-state index in [4.69, 9.17) is 21.1 Å². The summed E-state index contributed by atoms with van der Waals surface area (Å²) in [6, 6.07) is 7.55. The maximum absolute atomic E-state index is 10.4. The molecule has 24 heavy (non-hydrogen) atoms. The van der Waals surface area contributed by atoms with Crippen LogP contribution >= 0.6 is 11.6 Å². The Morgan fingerprint density at radius 3 is 2.58 bits per heavy atom. The Kier molecular flexibility index (Phi) is 5.50. The predicted molar refractivity (Wildman–Crippen MR) is 90.4 cm³/mol. The monoisotopic (exact) mass is 349 g/mol. The number of hydrogen-bond acceptors (Lipinski definition) is 6. The van der Waals surface area contributed by atoms with Crippen molar-refractivity contribution in [2.45, 2.75) is 25.2 Å². The minimum Gasteiger partial charge on any atom is -0.488 e. The summed E-state index contributed by atoms with van der Waals surface area (Å²) >= 11 is 5.87. The summed E-state index contributed by atoms with van der Waals surface area (Å²) in [7, 11) is 1.54.